The third-order valence-corrected chi connectivity index (χ3v) is 8.49. The minimum atomic E-state index is 0.505. The number of anilines is 3. The van der Waals surface area contributed by atoms with Crippen LogP contribution in [-0.4, -0.2) is 47.9 Å². The van der Waals surface area contributed by atoms with Gasteiger partial charge in [-0.15, -0.1) is 23.1 Å². The van der Waals surface area contributed by atoms with E-state index in [1.807, 2.05) is 66.9 Å². The quantitative estimate of drug-likeness (QED) is 0.199. The first-order valence-corrected chi connectivity index (χ1v) is 14.0. The van der Waals surface area contributed by atoms with Gasteiger partial charge in [0.05, 0.1) is 39.0 Å². The highest BCUT2D eigenvalue weighted by molar-refractivity contribution is 8.00. The van der Waals surface area contributed by atoms with Crippen molar-refractivity contribution in [2.24, 2.45) is 0 Å². The van der Waals surface area contributed by atoms with Crippen LogP contribution in [0.3, 0.4) is 0 Å². The Labute approximate surface area is 230 Å². The zero-order valence-corrected chi connectivity index (χ0v) is 23.5. The number of benzene rings is 3. The van der Waals surface area contributed by atoms with Crippen molar-refractivity contribution in [2.45, 2.75) is 4.21 Å². The van der Waals surface area contributed by atoms with E-state index in [0.717, 1.165) is 54.7 Å². The first-order chi connectivity index (χ1) is 18.6. The minimum absolute atomic E-state index is 0.505. The third-order valence-electron chi connectivity index (χ3n) is 6.20. The van der Waals surface area contributed by atoms with Gasteiger partial charge in [0.2, 0.25) is 0 Å². The van der Waals surface area contributed by atoms with Crippen LogP contribution in [0.4, 0.5) is 17.1 Å². The van der Waals surface area contributed by atoms with Gasteiger partial charge >= 0.3 is 0 Å². The highest BCUT2D eigenvalue weighted by Crippen LogP contribution is 2.56. The Balaban J connectivity index is 1.69. The van der Waals surface area contributed by atoms with Gasteiger partial charge in [0.15, 0.2) is 11.5 Å². The predicted octanol–water partition coefficient (Wildman–Crippen LogP) is 7.41. The molecule has 0 N–H and O–H groups in total. The average Bonchev–Trinajstić information content (AvgIpc) is 3.36. The lowest BCUT2D eigenvalue weighted by molar-refractivity contribution is 0.170. The molecule has 5 rings (SSSR count). The predicted molar refractivity (Wildman–Crippen MR) is 153 cm³/mol. The molecule has 0 saturated carbocycles. The van der Waals surface area contributed by atoms with Crippen LogP contribution >= 0.6 is 23.1 Å². The minimum Gasteiger partial charge on any atom is -0.497 e. The summed E-state index contributed by atoms with van der Waals surface area (Å²) in [6.45, 7) is 1.04. The van der Waals surface area contributed by atoms with Crippen LogP contribution in [0.15, 0.2) is 64.9 Å². The monoisotopic (exact) mass is 551 g/mol. The Morgan fingerprint density at radius 2 is 1.26 bits per heavy atom. The van der Waals surface area contributed by atoms with Crippen LogP contribution < -0.4 is 33.3 Å². The molecule has 4 aromatic rings. The lowest BCUT2D eigenvalue weighted by atomic mass is 10.1. The lowest BCUT2D eigenvalue weighted by Crippen LogP contribution is -2.15. The molecule has 0 aliphatic carbocycles. The van der Waals surface area contributed by atoms with Gasteiger partial charge in [-0.05, 0) is 60.9 Å². The second kappa shape index (κ2) is 11.4. The summed E-state index contributed by atoms with van der Waals surface area (Å²) in [5.74, 6) is 4.47. The molecule has 0 amide bonds. The Kier molecular flexibility index (Phi) is 7.76. The van der Waals surface area contributed by atoms with Gasteiger partial charge < -0.3 is 33.3 Å². The first kappa shape index (κ1) is 25.9. The number of hydrogen-bond acceptors (Lipinski definition) is 9. The van der Waals surface area contributed by atoms with Crippen LogP contribution in [0.2, 0.25) is 0 Å². The number of rotatable bonds is 9. The highest BCUT2D eigenvalue weighted by atomic mass is 32.2. The summed E-state index contributed by atoms with van der Waals surface area (Å²) in [5, 5.41) is 0. The van der Waals surface area contributed by atoms with Gasteiger partial charge in [0.1, 0.15) is 40.4 Å². The maximum absolute atomic E-state index is 6.07. The van der Waals surface area contributed by atoms with Crippen molar-refractivity contribution >= 4 is 40.2 Å². The molecular formula is C29H29NO6S2. The average molecular weight is 552 g/mol. The van der Waals surface area contributed by atoms with E-state index in [1.165, 1.54) is 0 Å². The SMILES string of the molecule is COc1ccc(N(c2ccc(OC)cc2)c2cc(OC)c(-c3sc(SC)c4c3OCCO4)cc2OC)cc1. The molecular weight excluding hydrogens is 522 g/mol. The molecule has 0 radical (unpaired) electrons. The van der Waals surface area contributed by atoms with Gasteiger partial charge in [0, 0.05) is 23.0 Å². The number of nitrogens with zero attached hydrogens (tertiary/aromatic N) is 1. The number of methoxy groups -OCH3 is 4. The fraction of sp³-hybridized carbons (Fsp3) is 0.241. The molecule has 0 saturated heterocycles. The Bertz CT molecular complexity index is 1350. The Morgan fingerprint density at radius 1 is 0.711 bits per heavy atom. The molecule has 38 heavy (non-hydrogen) atoms. The summed E-state index contributed by atoms with van der Waals surface area (Å²) >= 11 is 3.27. The van der Waals surface area contributed by atoms with Crippen molar-refractivity contribution < 1.29 is 28.4 Å². The summed E-state index contributed by atoms with van der Waals surface area (Å²) in [4.78, 5) is 3.06. The maximum atomic E-state index is 6.07. The number of thioether (sulfide) groups is 1. The molecule has 2 heterocycles. The normalized spacial score (nSPS) is 12.1. The Morgan fingerprint density at radius 3 is 1.76 bits per heavy atom. The van der Waals surface area contributed by atoms with Gasteiger partial charge in [-0.2, -0.15) is 0 Å². The fourth-order valence-electron chi connectivity index (χ4n) is 4.36. The molecule has 1 aliphatic rings. The van der Waals surface area contributed by atoms with E-state index in [4.69, 9.17) is 28.4 Å². The largest absolute Gasteiger partial charge is 0.497 e. The van der Waals surface area contributed by atoms with Crippen LogP contribution in [0.1, 0.15) is 0 Å². The summed E-state index contributed by atoms with van der Waals surface area (Å²) < 4.78 is 35.8. The first-order valence-electron chi connectivity index (χ1n) is 11.9. The zero-order valence-electron chi connectivity index (χ0n) is 21.9. The van der Waals surface area contributed by atoms with E-state index in [1.54, 1.807) is 51.5 Å². The van der Waals surface area contributed by atoms with Crippen molar-refractivity contribution in [3.05, 3.63) is 60.7 Å². The van der Waals surface area contributed by atoms with Crippen molar-refractivity contribution in [2.75, 3.05) is 52.8 Å². The lowest BCUT2D eigenvalue weighted by Gasteiger charge is -2.28. The molecule has 198 valence electrons. The number of hydrogen-bond donors (Lipinski definition) is 0. The number of fused-ring (bicyclic) bond motifs is 1. The van der Waals surface area contributed by atoms with Crippen LogP contribution in [0.25, 0.3) is 10.4 Å². The summed E-state index contributed by atoms with van der Waals surface area (Å²) in [6.07, 6.45) is 2.04. The number of thiophene rings is 1. The van der Waals surface area contributed by atoms with E-state index >= 15 is 0 Å². The molecule has 3 aromatic carbocycles. The summed E-state index contributed by atoms with van der Waals surface area (Å²) in [6, 6.07) is 19.8. The highest BCUT2D eigenvalue weighted by Gasteiger charge is 2.29. The van der Waals surface area contributed by atoms with E-state index in [-0.39, 0.29) is 0 Å². The molecule has 1 aromatic heterocycles. The van der Waals surface area contributed by atoms with Gasteiger partial charge in [-0.3, -0.25) is 0 Å². The van der Waals surface area contributed by atoms with Crippen LogP contribution in [0.5, 0.6) is 34.5 Å². The second-order valence-electron chi connectivity index (χ2n) is 8.23. The standard InChI is InChI=1S/C29H29NO6S2/c1-31-20-10-6-18(7-11-20)30(19-8-12-21(32-2)13-9-19)23-17-24(33-3)22(16-25(23)34-4)28-26-27(29(37-5)38-28)36-15-14-35-26/h6-13,16-17H,14-15H2,1-5H3. The van der Waals surface area contributed by atoms with E-state index in [0.29, 0.717) is 24.7 Å². The fourth-order valence-corrected chi connectivity index (χ4v) is 6.22. The number of ether oxygens (including phenoxy) is 6. The van der Waals surface area contributed by atoms with Crippen molar-refractivity contribution in [3.63, 3.8) is 0 Å². The van der Waals surface area contributed by atoms with E-state index in [2.05, 4.69) is 4.90 Å². The van der Waals surface area contributed by atoms with E-state index < -0.39 is 0 Å². The molecule has 7 nitrogen and oxygen atoms in total. The van der Waals surface area contributed by atoms with Gasteiger partial charge in [0.25, 0.3) is 0 Å². The molecule has 0 unspecified atom stereocenters. The van der Waals surface area contributed by atoms with Crippen molar-refractivity contribution in [1.82, 2.24) is 0 Å². The topological polar surface area (TPSA) is 58.6 Å². The van der Waals surface area contributed by atoms with Crippen molar-refractivity contribution in [3.8, 4) is 44.9 Å². The van der Waals surface area contributed by atoms with Crippen LogP contribution in [0, 0.1) is 0 Å². The van der Waals surface area contributed by atoms with Gasteiger partial charge in [-0.25, -0.2) is 0 Å². The smallest absolute Gasteiger partial charge is 0.186 e. The second-order valence-corrected chi connectivity index (χ2v) is 10.3. The zero-order chi connectivity index (χ0) is 26.6. The molecule has 0 fully saturated rings. The summed E-state index contributed by atoms with van der Waals surface area (Å²) in [7, 11) is 6.66. The molecule has 0 bridgehead atoms. The van der Waals surface area contributed by atoms with Crippen LogP contribution in [-0.2, 0) is 0 Å². The third kappa shape index (κ3) is 4.79. The molecule has 1 aliphatic heterocycles. The molecule has 9 heteroatoms. The van der Waals surface area contributed by atoms with E-state index in [9.17, 15) is 0 Å². The van der Waals surface area contributed by atoms with Gasteiger partial charge in [-0.1, -0.05) is 0 Å². The maximum Gasteiger partial charge on any atom is 0.186 e. The molecule has 0 atom stereocenters. The Hall–Kier alpha value is -3.69. The van der Waals surface area contributed by atoms with Crippen molar-refractivity contribution in [1.29, 1.82) is 0 Å². The summed E-state index contributed by atoms with van der Waals surface area (Å²) in [5.41, 5.74) is 3.55. The molecule has 0 spiro atoms.